The summed E-state index contributed by atoms with van der Waals surface area (Å²) < 4.78 is 9.67. The van der Waals surface area contributed by atoms with Crippen LogP contribution in [0.4, 0.5) is 17.1 Å². The van der Waals surface area contributed by atoms with Gasteiger partial charge in [0.05, 0.1) is 48.9 Å². The van der Waals surface area contributed by atoms with Crippen LogP contribution < -0.4 is 30.0 Å². The van der Waals surface area contributed by atoms with Gasteiger partial charge in [-0.3, -0.25) is 23.7 Å². The number of rotatable bonds is 8. The highest BCUT2D eigenvalue weighted by Crippen LogP contribution is 2.38. The number of furan rings is 1. The van der Waals surface area contributed by atoms with E-state index in [2.05, 4.69) is 5.32 Å². The smallest absolute Gasteiger partial charge is 0.271 e. The Balaban J connectivity index is 1.01. The van der Waals surface area contributed by atoms with Crippen molar-refractivity contribution in [2.45, 2.75) is 22.4 Å². The molecule has 1 atom stereocenters. The normalized spacial score (nSPS) is 15.3. The predicted molar refractivity (Wildman–Crippen MR) is 220 cm³/mol. The second kappa shape index (κ2) is 14.1. The second-order valence-electron chi connectivity index (χ2n) is 13.3. The average Bonchev–Trinajstić information content (AvgIpc) is 3.95. The fourth-order valence-electron chi connectivity index (χ4n) is 6.78. The molecule has 2 aliphatic heterocycles. The Morgan fingerprint density at radius 1 is 0.875 bits per heavy atom. The molecular formula is C42H30N6O5S3. The minimum atomic E-state index is -0.715. The largest absolute Gasteiger partial charge is 0.450 e. The van der Waals surface area contributed by atoms with Crippen LogP contribution in [0.3, 0.4) is 0 Å². The topological polar surface area (TPSA) is 130 Å². The lowest BCUT2D eigenvalue weighted by Crippen LogP contribution is -2.40. The summed E-state index contributed by atoms with van der Waals surface area (Å²) in [6.45, 7) is 1.79. The molecule has 0 unspecified atom stereocenters. The van der Waals surface area contributed by atoms with Crippen molar-refractivity contribution in [2.75, 3.05) is 29.2 Å². The summed E-state index contributed by atoms with van der Waals surface area (Å²) in [6, 6.07) is 32.0. The Kier molecular flexibility index (Phi) is 8.87. The van der Waals surface area contributed by atoms with E-state index in [0.29, 0.717) is 58.3 Å². The molecule has 14 heteroatoms. The first-order chi connectivity index (χ1) is 27.1. The monoisotopic (exact) mass is 794 g/mol. The molecule has 0 bridgehead atoms. The molecule has 3 aromatic heterocycles. The van der Waals surface area contributed by atoms with Gasteiger partial charge in [0.15, 0.2) is 14.2 Å². The second-order valence-corrected chi connectivity index (χ2v) is 16.6. The lowest BCUT2D eigenvalue weighted by Gasteiger charge is -2.26. The number of carbonyl (C=O) groups is 3. The number of hydrogen-bond donors (Lipinski definition) is 1. The number of hydrogen-bond acceptors (Lipinski definition) is 11. The molecule has 276 valence electrons. The molecule has 56 heavy (non-hydrogen) atoms. The molecule has 2 aliphatic rings. The van der Waals surface area contributed by atoms with E-state index in [0.717, 1.165) is 21.5 Å². The maximum Gasteiger partial charge on any atom is 0.271 e. The number of allylic oxidation sites excluding steroid dienone is 1. The summed E-state index contributed by atoms with van der Waals surface area (Å²) in [5.41, 5.74) is 5.01. The van der Waals surface area contributed by atoms with Crippen LogP contribution in [0.25, 0.3) is 16.3 Å². The van der Waals surface area contributed by atoms with Crippen LogP contribution in [0.2, 0.25) is 0 Å². The van der Waals surface area contributed by atoms with E-state index in [1.165, 1.54) is 39.3 Å². The number of para-hydroxylation sites is 1. The minimum Gasteiger partial charge on any atom is -0.450 e. The van der Waals surface area contributed by atoms with E-state index in [1.807, 2.05) is 79.7 Å². The highest BCUT2D eigenvalue weighted by atomic mass is 32.2. The van der Waals surface area contributed by atoms with Crippen LogP contribution in [0.5, 0.6) is 0 Å². The third-order valence-corrected chi connectivity index (χ3v) is 12.5. The molecule has 9 rings (SSSR count). The Bertz CT molecular complexity index is 2930. The standard InChI is InChI=1S/C42H30N6O5S3/c1-23-35(37(49)44-25-9-5-4-6-10-25)36(24-13-15-26(16-14-24)46(2)3)48-40(52)33(54-41(48)43-23)22-28-18-20-34(53-28)56-42-45-31-19-17-27(21-32(31)55-42)47-38(50)29-11-7-8-12-30(29)39(47)51/h4-22,36H,1-3H3,(H,44,49)/b33-22-/t36-/m0/s1. The van der Waals surface area contributed by atoms with E-state index < -0.39 is 6.04 Å². The highest BCUT2D eigenvalue weighted by molar-refractivity contribution is 8.01. The SMILES string of the molecule is CC1=C(C(=O)Nc2ccccc2)[C@H](c2ccc(N(C)C)cc2)n2c(s/c(=C\c3ccc(Sc4nc5ccc(N6C(=O)c7ccccc7C6=O)cc5s4)o3)c2=O)=N1. The number of imide groups is 1. The number of aromatic nitrogens is 2. The molecule has 0 fully saturated rings. The third-order valence-electron chi connectivity index (χ3n) is 9.49. The van der Waals surface area contributed by atoms with E-state index in [1.54, 1.807) is 66.1 Å². The molecule has 0 saturated carbocycles. The molecule has 0 aliphatic carbocycles. The van der Waals surface area contributed by atoms with Crippen molar-refractivity contribution < 1.29 is 18.8 Å². The molecular weight excluding hydrogens is 765 g/mol. The summed E-state index contributed by atoms with van der Waals surface area (Å²) in [5.74, 6) is -0.567. The van der Waals surface area contributed by atoms with Crippen molar-refractivity contribution in [3.63, 3.8) is 0 Å². The van der Waals surface area contributed by atoms with E-state index >= 15 is 0 Å². The maximum absolute atomic E-state index is 14.3. The fraction of sp³-hybridized carbons (Fsp3) is 0.0952. The zero-order valence-corrected chi connectivity index (χ0v) is 32.5. The lowest BCUT2D eigenvalue weighted by molar-refractivity contribution is -0.113. The van der Waals surface area contributed by atoms with Gasteiger partial charge in [-0.2, -0.15) is 0 Å². The molecule has 4 aromatic carbocycles. The van der Waals surface area contributed by atoms with Crippen molar-refractivity contribution in [1.82, 2.24) is 9.55 Å². The number of amides is 3. The summed E-state index contributed by atoms with van der Waals surface area (Å²) in [6.07, 6.45) is 1.69. The van der Waals surface area contributed by atoms with Crippen LogP contribution in [0.15, 0.2) is 144 Å². The van der Waals surface area contributed by atoms with Gasteiger partial charge in [-0.1, -0.05) is 53.8 Å². The van der Waals surface area contributed by atoms with Gasteiger partial charge in [0.25, 0.3) is 23.3 Å². The first-order valence-electron chi connectivity index (χ1n) is 17.5. The van der Waals surface area contributed by atoms with Crippen molar-refractivity contribution in [3.05, 3.63) is 163 Å². The van der Waals surface area contributed by atoms with Crippen molar-refractivity contribution in [3.8, 4) is 0 Å². The van der Waals surface area contributed by atoms with E-state index in [-0.39, 0.29) is 23.3 Å². The number of nitrogens with zero attached hydrogens (tertiary/aromatic N) is 5. The van der Waals surface area contributed by atoms with Crippen molar-refractivity contribution in [1.29, 1.82) is 0 Å². The summed E-state index contributed by atoms with van der Waals surface area (Å²) in [5, 5.41) is 3.55. The molecule has 3 amide bonds. The van der Waals surface area contributed by atoms with Gasteiger partial charge >= 0.3 is 0 Å². The quantitative estimate of drug-likeness (QED) is 0.162. The molecule has 0 saturated heterocycles. The molecule has 1 N–H and O–H groups in total. The number of thiazole rings is 2. The average molecular weight is 795 g/mol. The molecule has 11 nitrogen and oxygen atoms in total. The zero-order chi connectivity index (χ0) is 38.7. The Labute approximate surface area is 331 Å². The van der Waals surface area contributed by atoms with Gasteiger partial charge in [-0.15, -0.1) is 11.3 Å². The molecule has 0 spiro atoms. The van der Waals surface area contributed by atoms with E-state index in [9.17, 15) is 19.2 Å². The van der Waals surface area contributed by atoms with Crippen LogP contribution in [-0.4, -0.2) is 41.4 Å². The van der Waals surface area contributed by atoms with Gasteiger partial charge in [0, 0.05) is 31.5 Å². The van der Waals surface area contributed by atoms with Gasteiger partial charge in [-0.25, -0.2) is 14.9 Å². The van der Waals surface area contributed by atoms with Crippen LogP contribution in [0, 0.1) is 0 Å². The fourth-order valence-corrected chi connectivity index (χ4v) is 9.81. The van der Waals surface area contributed by atoms with Crippen LogP contribution in [0.1, 0.15) is 45.0 Å². The Morgan fingerprint density at radius 3 is 2.30 bits per heavy atom. The van der Waals surface area contributed by atoms with E-state index in [4.69, 9.17) is 14.4 Å². The molecule has 5 heterocycles. The minimum absolute atomic E-state index is 0.293. The molecule has 0 radical (unpaired) electrons. The number of benzene rings is 4. The van der Waals surface area contributed by atoms with Crippen LogP contribution >= 0.6 is 34.4 Å². The summed E-state index contributed by atoms with van der Waals surface area (Å²) in [4.78, 5) is 67.4. The van der Waals surface area contributed by atoms with Gasteiger partial charge in [0.2, 0.25) is 0 Å². The summed E-state index contributed by atoms with van der Waals surface area (Å²) in [7, 11) is 3.91. The highest BCUT2D eigenvalue weighted by Gasteiger charge is 2.37. The van der Waals surface area contributed by atoms with Gasteiger partial charge in [0.1, 0.15) is 5.76 Å². The maximum atomic E-state index is 14.3. The first-order valence-corrected chi connectivity index (χ1v) is 19.9. The van der Waals surface area contributed by atoms with Crippen LogP contribution in [-0.2, 0) is 4.79 Å². The number of anilines is 3. The number of nitrogens with one attached hydrogen (secondary N) is 1. The first kappa shape index (κ1) is 35.4. The predicted octanol–water partition coefficient (Wildman–Crippen LogP) is 7.09. The zero-order valence-electron chi connectivity index (χ0n) is 30.0. The van der Waals surface area contributed by atoms with Gasteiger partial charge < -0.3 is 14.6 Å². The van der Waals surface area contributed by atoms with Crippen molar-refractivity contribution >= 4 is 85.5 Å². The number of fused-ring (bicyclic) bond motifs is 3. The lowest BCUT2D eigenvalue weighted by atomic mass is 9.95. The number of carbonyl (C=O) groups excluding carboxylic acids is 3. The van der Waals surface area contributed by atoms with Crippen molar-refractivity contribution in [2.24, 2.45) is 4.99 Å². The Hall–Kier alpha value is -6.35. The molecule has 7 aromatic rings. The van der Waals surface area contributed by atoms with Gasteiger partial charge in [-0.05, 0) is 91.0 Å². The Morgan fingerprint density at radius 2 is 1.59 bits per heavy atom. The third kappa shape index (κ3) is 6.27. The summed E-state index contributed by atoms with van der Waals surface area (Å²) >= 11 is 3.98.